The Balaban J connectivity index is 1.72. The number of halogens is 1. The average molecular weight is 323 g/mol. The Hall–Kier alpha value is -1.66. The standard InChI is InChI=1S/C17H26FN3O2/c1-17(12-19)7-8-21(13-17)11-16(22)20(2)9-10-23-15-6-4-3-5-14(15)18/h3-6H,7-13,19H2,1-2H3. The van der Waals surface area contributed by atoms with Gasteiger partial charge < -0.3 is 15.4 Å². The van der Waals surface area contributed by atoms with Gasteiger partial charge >= 0.3 is 0 Å². The molecule has 0 radical (unpaired) electrons. The lowest BCUT2D eigenvalue weighted by Crippen LogP contribution is -2.40. The van der Waals surface area contributed by atoms with Crippen LogP contribution in [0.1, 0.15) is 13.3 Å². The minimum Gasteiger partial charge on any atom is -0.489 e. The van der Waals surface area contributed by atoms with Crippen molar-refractivity contribution >= 4 is 5.91 Å². The van der Waals surface area contributed by atoms with Gasteiger partial charge in [0.15, 0.2) is 11.6 Å². The number of nitrogens with zero attached hydrogens (tertiary/aromatic N) is 2. The van der Waals surface area contributed by atoms with Gasteiger partial charge in [0.25, 0.3) is 0 Å². The van der Waals surface area contributed by atoms with Crippen molar-refractivity contribution in [1.29, 1.82) is 0 Å². The normalized spacial score (nSPS) is 21.4. The molecule has 1 aliphatic rings. The summed E-state index contributed by atoms with van der Waals surface area (Å²) in [5, 5.41) is 0. The summed E-state index contributed by atoms with van der Waals surface area (Å²) in [4.78, 5) is 16.0. The van der Waals surface area contributed by atoms with Gasteiger partial charge in [0.05, 0.1) is 13.1 Å². The zero-order chi connectivity index (χ0) is 16.9. The number of benzene rings is 1. The summed E-state index contributed by atoms with van der Waals surface area (Å²) < 4.78 is 18.8. The number of nitrogens with two attached hydrogens (primary N) is 1. The first kappa shape index (κ1) is 17.7. The number of hydrogen-bond acceptors (Lipinski definition) is 4. The number of para-hydroxylation sites is 1. The molecule has 128 valence electrons. The minimum absolute atomic E-state index is 0.0448. The molecule has 1 aromatic rings. The molecule has 6 heteroatoms. The fourth-order valence-corrected chi connectivity index (χ4v) is 2.72. The van der Waals surface area contributed by atoms with Crippen LogP contribution in [0.5, 0.6) is 5.75 Å². The molecule has 23 heavy (non-hydrogen) atoms. The highest BCUT2D eigenvalue weighted by Crippen LogP contribution is 2.28. The number of hydrogen-bond donors (Lipinski definition) is 1. The smallest absolute Gasteiger partial charge is 0.236 e. The molecule has 2 rings (SSSR count). The second kappa shape index (κ2) is 7.75. The van der Waals surface area contributed by atoms with Gasteiger partial charge in [-0.15, -0.1) is 0 Å². The highest BCUT2D eigenvalue weighted by Gasteiger charge is 2.33. The van der Waals surface area contributed by atoms with Crippen molar-refractivity contribution in [1.82, 2.24) is 9.80 Å². The Labute approximate surface area is 137 Å². The summed E-state index contributed by atoms with van der Waals surface area (Å²) in [5.74, 6) is -0.130. The van der Waals surface area contributed by atoms with E-state index in [1.165, 1.54) is 6.07 Å². The van der Waals surface area contributed by atoms with Gasteiger partial charge in [0, 0.05) is 13.6 Å². The predicted octanol–water partition coefficient (Wildman–Crippen LogP) is 1.33. The third-order valence-electron chi connectivity index (χ3n) is 4.44. The number of amides is 1. The van der Waals surface area contributed by atoms with Gasteiger partial charge in [0.2, 0.25) is 5.91 Å². The maximum atomic E-state index is 13.4. The van der Waals surface area contributed by atoms with Crippen molar-refractivity contribution in [2.75, 3.05) is 46.4 Å². The lowest BCUT2D eigenvalue weighted by Gasteiger charge is -2.24. The molecule has 1 heterocycles. The quantitative estimate of drug-likeness (QED) is 0.822. The largest absolute Gasteiger partial charge is 0.489 e. The second-order valence-electron chi connectivity index (χ2n) is 6.57. The Morgan fingerprint density at radius 2 is 2.22 bits per heavy atom. The van der Waals surface area contributed by atoms with Crippen molar-refractivity contribution in [2.45, 2.75) is 13.3 Å². The molecule has 0 aliphatic carbocycles. The van der Waals surface area contributed by atoms with Crippen molar-refractivity contribution in [3.8, 4) is 5.75 Å². The summed E-state index contributed by atoms with van der Waals surface area (Å²) in [6, 6.07) is 6.26. The molecule has 1 amide bonds. The van der Waals surface area contributed by atoms with Gasteiger partial charge in [0.1, 0.15) is 6.61 Å². The Bertz CT molecular complexity index is 540. The van der Waals surface area contributed by atoms with Crippen LogP contribution in [-0.4, -0.2) is 62.1 Å². The minimum atomic E-state index is -0.389. The molecule has 1 saturated heterocycles. The number of likely N-dealkylation sites (tertiary alicyclic amines) is 1. The van der Waals surface area contributed by atoms with Gasteiger partial charge in [-0.2, -0.15) is 0 Å². The average Bonchev–Trinajstić information content (AvgIpc) is 2.91. The fraction of sp³-hybridized carbons (Fsp3) is 0.588. The molecule has 0 bridgehead atoms. The summed E-state index contributed by atoms with van der Waals surface area (Å²) in [6.07, 6.45) is 1.02. The SMILES string of the molecule is CN(CCOc1ccccc1F)C(=O)CN1CCC(C)(CN)C1. The highest BCUT2D eigenvalue weighted by atomic mass is 19.1. The van der Waals surface area contributed by atoms with E-state index in [9.17, 15) is 9.18 Å². The molecule has 1 fully saturated rings. The van der Waals surface area contributed by atoms with Crippen LogP contribution in [-0.2, 0) is 4.79 Å². The van der Waals surface area contributed by atoms with Crippen LogP contribution in [0, 0.1) is 11.2 Å². The molecular formula is C17H26FN3O2. The highest BCUT2D eigenvalue weighted by molar-refractivity contribution is 5.78. The van der Waals surface area contributed by atoms with Crippen LogP contribution in [0.3, 0.4) is 0 Å². The third kappa shape index (κ3) is 4.91. The van der Waals surface area contributed by atoms with E-state index < -0.39 is 0 Å². The van der Waals surface area contributed by atoms with E-state index in [1.807, 2.05) is 0 Å². The molecular weight excluding hydrogens is 297 g/mol. The topological polar surface area (TPSA) is 58.8 Å². The zero-order valence-electron chi connectivity index (χ0n) is 13.9. The number of carbonyl (C=O) groups excluding carboxylic acids is 1. The van der Waals surface area contributed by atoms with E-state index in [0.717, 1.165) is 19.5 Å². The lowest BCUT2D eigenvalue weighted by atomic mass is 9.90. The summed E-state index contributed by atoms with van der Waals surface area (Å²) in [7, 11) is 1.74. The van der Waals surface area contributed by atoms with Crippen LogP contribution in [0.25, 0.3) is 0 Å². The summed E-state index contributed by atoms with van der Waals surface area (Å²) in [5.41, 5.74) is 5.90. The number of likely N-dealkylation sites (N-methyl/N-ethyl adjacent to an activating group) is 1. The van der Waals surface area contributed by atoms with E-state index in [1.54, 1.807) is 30.1 Å². The van der Waals surface area contributed by atoms with Crippen LogP contribution in [0.2, 0.25) is 0 Å². The Kier molecular flexibility index (Phi) is 5.96. The molecule has 0 spiro atoms. The summed E-state index contributed by atoms with van der Waals surface area (Å²) >= 11 is 0. The molecule has 2 N–H and O–H groups in total. The molecule has 1 aromatic carbocycles. The van der Waals surface area contributed by atoms with Crippen LogP contribution < -0.4 is 10.5 Å². The van der Waals surface area contributed by atoms with Gasteiger partial charge in [-0.3, -0.25) is 9.69 Å². The maximum Gasteiger partial charge on any atom is 0.236 e. The Morgan fingerprint density at radius 1 is 1.48 bits per heavy atom. The van der Waals surface area contributed by atoms with E-state index in [2.05, 4.69) is 11.8 Å². The monoisotopic (exact) mass is 323 g/mol. The molecule has 1 aliphatic heterocycles. The molecule has 0 saturated carbocycles. The predicted molar refractivity (Wildman–Crippen MR) is 87.8 cm³/mol. The fourth-order valence-electron chi connectivity index (χ4n) is 2.72. The molecule has 1 atom stereocenters. The van der Waals surface area contributed by atoms with E-state index in [0.29, 0.717) is 19.6 Å². The molecule has 0 aromatic heterocycles. The second-order valence-corrected chi connectivity index (χ2v) is 6.57. The Morgan fingerprint density at radius 3 is 2.87 bits per heavy atom. The van der Waals surface area contributed by atoms with Crippen molar-refractivity contribution < 1.29 is 13.9 Å². The zero-order valence-corrected chi connectivity index (χ0v) is 13.9. The van der Waals surface area contributed by atoms with Crippen molar-refractivity contribution in [2.24, 2.45) is 11.1 Å². The first-order valence-corrected chi connectivity index (χ1v) is 7.97. The number of rotatable bonds is 7. The van der Waals surface area contributed by atoms with Crippen LogP contribution in [0.4, 0.5) is 4.39 Å². The van der Waals surface area contributed by atoms with Gasteiger partial charge in [-0.1, -0.05) is 19.1 Å². The van der Waals surface area contributed by atoms with Crippen LogP contribution >= 0.6 is 0 Å². The lowest BCUT2D eigenvalue weighted by molar-refractivity contribution is -0.131. The van der Waals surface area contributed by atoms with E-state index in [-0.39, 0.29) is 29.5 Å². The van der Waals surface area contributed by atoms with Gasteiger partial charge in [-0.05, 0) is 37.1 Å². The molecule has 1 unspecified atom stereocenters. The maximum absolute atomic E-state index is 13.4. The number of ether oxygens (including phenoxy) is 1. The number of carbonyl (C=O) groups is 1. The first-order chi connectivity index (χ1) is 10.9. The third-order valence-corrected chi connectivity index (χ3v) is 4.44. The van der Waals surface area contributed by atoms with Crippen molar-refractivity contribution in [3.63, 3.8) is 0 Å². The van der Waals surface area contributed by atoms with Gasteiger partial charge in [-0.25, -0.2) is 4.39 Å². The van der Waals surface area contributed by atoms with E-state index in [4.69, 9.17) is 10.5 Å². The van der Waals surface area contributed by atoms with Crippen molar-refractivity contribution in [3.05, 3.63) is 30.1 Å². The van der Waals surface area contributed by atoms with Crippen LogP contribution in [0.15, 0.2) is 24.3 Å². The first-order valence-electron chi connectivity index (χ1n) is 7.97. The molecule has 5 nitrogen and oxygen atoms in total. The van der Waals surface area contributed by atoms with E-state index >= 15 is 0 Å². The summed E-state index contributed by atoms with van der Waals surface area (Å²) in [6.45, 7) is 5.64.